The Morgan fingerprint density at radius 1 is 0.366 bits per heavy atom. The van der Waals surface area contributed by atoms with E-state index in [1.54, 1.807) is 19.2 Å². The van der Waals surface area contributed by atoms with E-state index in [1.807, 2.05) is 84.9 Å². The first kappa shape index (κ1) is 61.4. The molecule has 0 aliphatic rings. The maximum absolute atomic E-state index is 13.5. The minimum Gasteiger partial charge on any atom is -0.496 e. The molecule has 0 amide bonds. The minimum absolute atomic E-state index is 0.0997. The molecule has 71 heavy (non-hydrogen) atoms. The number of hydrogen-bond acceptors (Lipinski definition) is 16. The van der Waals surface area contributed by atoms with Crippen LogP contribution in [0.3, 0.4) is 0 Å². The highest BCUT2D eigenvalue weighted by Gasteiger charge is 2.27. The van der Waals surface area contributed by atoms with Gasteiger partial charge in [0.15, 0.2) is 0 Å². The Morgan fingerprint density at radius 3 is 1.06 bits per heavy atom. The number of hydrogen-bond donors (Lipinski definition) is 6. The van der Waals surface area contributed by atoms with Gasteiger partial charge in [-0.25, -0.2) is 8.42 Å². The fraction of sp³-hybridized carbons (Fsp3) is 0.143. The summed E-state index contributed by atoms with van der Waals surface area (Å²) in [4.78, 5) is -2.55. The minimum atomic E-state index is -5.06. The van der Waals surface area contributed by atoms with E-state index >= 15 is 0 Å². The topological polar surface area (TPSA) is 379 Å². The quantitative estimate of drug-likeness (QED) is 0.0839. The number of aryl methyl sites for hydroxylation is 1. The molecule has 0 atom stereocenters. The molecule has 0 spiro atoms. The summed E-state index contributed by atoms with van der Waals surface area (Å²) in [5.41, 5.74) is 4.91. The summed E-state index contributed by atoms with van der Waals surface area (Å²) in [5, 5.41) is 0. The van der Waals surface area contributed by atoms with Crippen LogP contribution in [0.2, 0.25) is 0 Å². The zero-order valence-electron chi connectivity index (χ0n) is 37.8. The molecular formula is C42H46O22S7. The molecule has 0 unspecified atom stereocenters. The van der Waals surface area contributed by atoms with Crippen molar-refractivity contribution in [2.75, 3.05) is 32.1 Å². The first-order valence-electron chi connectivity index (χ1n) is 18.9. The van der Waals surface area contributed by atoms with Crippen molar-refractivity contribution < 1.29 is 95.7 Å². The zero-order valence-corrected chi connectivity index (χ0v) is 43.5. The largest absolute Gasteiger partial charge is 0.496 e. The van der Waals surface area contributed by atoms with Gasteiger partial charge < -0.3 is 9.47 Å². The van der Waals surface area contributed by atoms with Crippen LogP contribution >= 0.6 is 0 Å². The summed E-state index contributed by atoms with van der Waals surface area (Å²) < 4.78 is 211. The van der Waals surface area contributed by atoms with Crippen molar-refractivity contribution in [3.63, 3.8) is 0 Å². The highest BCUT2D eigenvalue weighted by atomic mass is 32.2. The van der Waals surface area contributed by atoms with Crippen LogP contribution in [-0.2, 0) is 70.5 Å². The van der Waals surface area contributed by atoms with Gasteiger partial charge >= 0.3 is 0 Å². The standard InChI is InChI=1S/C38H30O10S3.4CH4O3S/c1-25-13-16-30(23-37(25)50(41,42)43)49(39,40)31-17-20-36(38(24-31)51(44,45)46)48-35-19-15-29(22-33(35)27-11-7-4-8-12-27)28-14-18-34(47-2)32(21-28)26-9-5-3-6-10-26;4*1-5(2,3)4/h3-24H,1-2H3,(H,41,42,43)(H,44,45,46);4*1H3,(H,2,3,4). The number of ether oxygens (including phenoxy) is 2. The van der Waals surface area contributed by atoms with Crippen LogP contribution in [0.4, 0.5) is 0 Å². The van der Waals surface area contributed by atoms with Crippen molar-refractivity contribution in [3.8, 4) is 50.6 Å². The van der Waals surface area contributed by atoms with Crippen LogP contribution in [0.15, 0.2) is 153 Å². The zero-order chi connectivity index (χ0) is 54.6. The smallest absolute Gasteiger partial charge is 0.298 e. The number of benzene rings is 6. The van der Waals surface area contributed by atoms with Crippen molar-refractivity contribution in [1.82, 2.24) is 0 Å². The van der Waals surface area contributed by atoms with E-state index in [1.165, 1.54) is 13.0 Å². The van der Waals surface area contributed by atoms with Crippen LogP contribution in [0.5, 0.6) is 17.2 Å². The highest BCUT2D eigenvalue weighted by molar-refractivity contribution is 7.91. The maximum Gasteiger partial charge on any atom is 0.298 e. The van der Waals surface area contributed by atoms with Crippen molar-refractivity contribution >= 4 is 70.5 Å². The molecular weight excluding hydrogens is 1080 g/mol. The van der Waals surface area contributed by atoms with Gasteiger partial charge in [-0.2, -0.15) is 50.5 Å². The Kier molecular flexibility index (Phi) is 21.3. The molecule has 0 bridgehead atoms. The van der Waals surface area contributed by atoms with E-state index in [9.17, 15) is 68.0 Å². The number of sulfone groups is 1. The fourth-order valence-corrected chi connectivity index (χ4v) is 8.45. The molecule has 0 aliphatic heterocycles. The summed E-state index contributed by atoms with van der Waals surface area (Å²) in [6.07, 6.45) is 2.86. The molecule has 6 aromatic rings. The average molecular weight is 1130 g/mol. The van der Waals surface area contributed by atoms with Gasteiger partial charge in [0.25, 0.3) is 60.7 Å². The van der Waals surface area contributed by atoms with Gasteiger partial charge in [-0.1, -0.05) is 78.9 Å². The maximum atomic E-state index is 13.5. The van der Waals surface area contributed by atoms with Gasteiger partial charge in [0.2, 0.25) is 9.84 Å². The summed E-state index contributed by atoms with van der Waals surface area (Å²) in [6.45, 7) is 1.37. The fourth-order valence-electron chi connectivity index (χ4n) is 5.59. The Bertz CT molecular complexity index is 3490. The number of rotatable bonds is 10. The van der Waals surface area contributed by atoms with Gasteiger partial charge in [0.1, 0.15) is 22.1 Å². The van der Waals surface area contributed by atoms with E-state index in [0.29, 0.717) is 36.3 Å². The molecule has 29 heteroatoms. The van der Waals surface area contributed by atoms with Gasteiger partial charge in [-0.15, -0.1) is 0 Å². The molecule has 6 rings (SSSR count). The van der Waals surface area contributed by atoms with Gasteiger partial charge in [-0.3, -0.25) is 27.3 Å². The molecule has 0 saturated heterocycles. The summed E-state index contributed by atoms with van der Waals surface area (Å²) in [5.74, 6) is 0.538. The second kappa shape index (κ2) is 24.6. The second-order valence-electron chi connectivity index (χ2n) is 14.4. The third kappa shape index (κ3) is 23.0. The highest BCUT2D eigenvalue weighted by Crippen LogP contribution is 2.41. The molecule has 0 fully saturated rings. The number of methoxy groups -OCH3 is 1. The van der Waals surface area contributed by atoms with E-state index < -0.39 is 90.1 Å². The van der Waals surface area contributed by atoms with Gasteiger partial charge in [0, 0.05) is 11.1 Å². The van der Waals surface area contributed by atoms with E-state index in [0.717, 1.165) is 58.1 Å². The summed E-state index contributed by atoms with van der Waals surface area (Å²) >= 11 is 0. The lowest BCUT2D eigenvalue weighted by atomic mass is 9.95. The van der Waals surface area contributed by atoms with Gasteiger partial charge in [-0.05, 0) is 89.3 Å². The third-order valence-corrected chi connectivity index (χ3v) is 11.8. The van der Waals surface area contributed by atoms with Crippen LogP contribution in [0.25, 0.3) is 33.4 Å². The van der Waals surface area contributed by atoms with E-state index in [4.69, 9.17) is 27.7 Å². The lowest BCUT2D eigenvalue weighted by Gasteiger charge is -2.17. The van der Waals surface area contributed by atoms with E-state index in [-0.39, 0.29) is 17.1 Å². The SMILES string of the molecule is COc1ccc(-c2ccc(Oc3ccc(S(=O)(=O)c4ccc(C)c(S(=O)(=O)O)c4)cc3S(=O)(=O)O)c(-c3ccccc3)c2)cc1-c1ccccc1.CS(=O)(=O)O.CS(=O)(=O)O.CS(=O)(=O)O.CS(=O)(=O)O. The van der Waals surface area contributed by atoms with Crippen molar-refractivity contribution in [3.05, 3.63) is 139 Å². The van der Waals surface area contributed by atoms with Crippen LogP contribution in [0.1, 0.15) is 5.56 Å². The van der Waals surface area contributed by atoms with E-state index in [2.05, 4.69) is 0 Å². The average Bonchev–Trinajstić information content (AvgIpc) is 3.21. The molecule has 6 N–H and O–H groups in total. The first-order chi connectivity index (χ1) is 32.2. The van der Waals surface area contributed by atoms with Crippen molar-refractivity contribution in [2.24, 2.45) is 0 Å². The summed E-state index contributed by atoms with van der Waals surface area (Å²) in [6, 6.07) is 36.0. The molecule has 22 nitrogen and oxygen atoms in total. The predicted octanol–water partition coefficient (Wildman–Crippen LogP) is 6.14. The Labute approximate surface area is 412 Å². The molecule has 388 valence electrons. The third-order valence-electron chi connectivity index (χ3n) is 8.15. The van der Waals surface area contributed by atoms with Crippen LogP contribution in [-0.4, -0.2) is 118 Å². The second-order valence-corrected chi connectivity index (χ2v) is 25.0. The predicted molar refractivity (Wildman–Crippen MR) is 262 cm³/mol. The summed E-state index contributed by atoms with van der Waals surface area (Å²) in [7, 11) is -27.4. The lowest BCUT2D eigenvalue weighted by molar-refractivity contribution is 0.416. The Hall–Kier alpha value is -5.67. The molecule has 0 saturated carbocycles. The Morgan fingerprint density at radius 2 is 0.690 bits per heavy atom. The van der Waals surface area contributed by atoms with Crippen molar-refractivity contribution in [2.45, 2.75) is 26.5 Å². The molecule has 6 aromatic carbocycles. The molecule has 0 heterocycles. The Balaban J connectivity index is 0.000000730. The molecule has 0 aromatic heterocycles. The van der Waals surface area contributed by atoms with Gasteiger partial charge in [0.05, 0.1) is 46.8 Å². The van der Waals surface area contributed by atoms with Crippen molar-refractivity contribution in [1.29, 1.82) is 0 Å². The normalized spacial score (nSPS) is 11.9. The lowest BCUT2D eigenvalue weighted by Crippen LogP contribution is -2.08. The molecule has 0 radical (unpaired) electrons. The first-order valence-corrected chi connectivity index (χ1v) is 30.7. The van der Waals surface area contributed by atoms with Crippen LogP contribution in [0, 0.1) is 6.92 Å². The molecule has 0 aliphatic carbocycles. The van der Waals surface area contributed by atoms with Crippen LogP contribution < -0.4 is 9.47 Å². The monoisotopic (exact) mass is 1130 g/mol.